The molecule has 0 radical (unpaired) electrons. The molecule has 1 saturated heterocycles. The molecular formula is C11H10ClN3O5. The Labute approximate surface area is 118 Å². The third-order valence-electron chi connectivity index (χ3n) is 3.00. The fraction of sp³-hybridized carbons (Fsp3) is 0.364. The fourth-order valence-corrected chi connectivity index (χ4v) is 2.28. The van der Waals surface area contributed by atoms with E-state index in [-0.39, 0.29) is 36.1 Å². The third kappa shape index (κ3) is 2.69. The number of pyridine rings is 1. The molecule has 0 saturated carbocycles. The minimum Gasteiger partial charge on any atom is -0.481 e. The van der Waals surface area contributed by atoms with Crippen LogP contribution in [0.4, 0.5) is 5.69 Å². The van der Waals surface area contributed by atoms with Gasteiger partial charge in [0.15, 0.2) is 0 Å². The number of hydrogen-bond donors (Lipinski definition) is 1. The van der Waals surface area contributed by atoms with Crippen molar-refractivity contribution in [1.29, 1.82) is 0 Å². The number of halogens is 1. The van der Waals surface area contributed by atoms with Crippen LogP contribution in [0.3, 0.4) is 0 Å². The lowest BCUT2D eigenvalue weighted by atomic mass is 9.95. The number of aromatic nitrogens is 1. The Bertz CT molecular complexity index is 585. The van der Waals surface area contributed by atoms with Crippen LogP contribution in [0.15, 0.2) is 12.3 Å². The number of nitro groups is 1. The van der Waals surface area contributed by atoms with E-state index in [1.165, 1.54) is 17.2 Å². The zero-order valence-electron chi connectivity index (χ0n) is 10.2. The van der Waals surface area contributed by atoms with Gasteiger partial charge in [-0.15, -0.1) is 0 Å². The fourth-order valence-electron chi connectivity index (χ4n) is 2.06. The zero-order valence-corrected chi connectivity index (χ0v) is 10.9. The Kier molecular flexibility index (Phi) is 3.84. The summed E-state index contributed by atoms with van der Waals surface area (Å²) >= 11 is 5.63. The van der Waals surface area contributed by atoms with Crippen LogP contribution in [-0.4, -0.2) is 44.9 Å². The van der Waals surface area contributed by atoms with Gasteiger partial charge in [0.05, 0.1) is 11.3 Å². The van der Waals surface area contributed by atoms with Gasteiger partial charge in [-0.1, -0.05) is 11.6 Å². The quantitative estimate of drug-likeness (QED) is 0.507. The molecule has 1 fully saturated rings. The third-order valence-corrected chi connectivity index (χ3v) is 3.28. The predicted molar refractivity (Wildman–Crippen MR) is 67.5 cm³/mol. The molecule has 0 unspecified atom stereocenters. The van der Waals surface area contributed by atoms with Crippen LogP contribution < -0.4 is 0 Å². The maximum atomic E-state index is 12.1. The molecule has 0 aromatic carbocycles. The maximum absolute atomic E-state index is 12.1. The average Bonchev–Trinajstić information content (AvgIpc) is 2.31. The molecule has 0 bridgehead atoms. The lowest BCUT2D eigenvalue weighted by molar-refractivity contribution is -0.385. The van der Waals surface area contributed by atoms with Crippen LogP contribution in [0.25, 0.3) is 0 Å². The maximum Gasteiger partial charge on any atom is 0.319 e. The van der Waals surface area contributed by atoms with Crippen molar-refractivity contribution in [2.24, 2.45) is 5.92 Å². The van der Waals surface area contributed by atoms with E-state index in [0.717, 1.165) is 0 Å². The van der Waals surface area contributed by atoms with Crippen molar-refractivity contribution in [3.05, 3.63) is 33.1 Å². The number of carboxylic acids is 1. The number of carbonyl (C=O) groups excluding carboxylic acids is 1. The first kappa shape index (κ1) is 14.2. The van der Waals surface area contributed by atoms with Gasteiger partial charge in [-0.25, -0.2) is 4.98 Å². The van der Waals surface area contributed by atoms with Gasteiger partial charge < -0.3 is 10.0 Å². The van der Waals surface area contributed by atoms with Gasteiger partial charge in [0.25, 0.3) is 5.91 Å². The van der Waals surface area contributed by atoms with Crippen LogP contribution in [0.1, 0.15) is 16.8 Å². The van der Waals surface area contributed by atoms with Crippen molar-refractivity contribution in [2.45, 2.75) is 6.42 Å². The van der Waals surface area contributed by atoms with E-state index in [9.17, 15) is 19.7 Å². The van der Waals surface area contributed by atoms with Crippen molar-refractivity contribution < 1.29 is 19.6 Å². The first-order valence-electron chi connectivity index (χ1n) is 5.70. The summed E-state index contributed by atoms with van der Waals surface area (Å²) in [5.74, 6) is -1.59. The van der Waals surface area contributed by atoms with Crippen molar-refractivity contribution in [3.8, 4) is 0 Å². The molecule has 8 nitrogen and oxygen atoms in total. The molecule has 2 rings (SSSR count). The second kappa shape index (κ2) is 5.41. The summed E-state index contributed by atoms with van der Waals surface area (Å²) in [4.78, 5) is 37.7. The highest BCUT2D eigenvalue weighted by molar-refractivity contribution is 6.32. The highest BCUT2D eigenvalue weighted by Gasteiger charge is 2.36. The van der Waals surface area contributed by atoms with Crippen LogP contribution in [0.5, 0.6) is 0 Å². The second-order valence-electron chi connectivity index (χ2n) is 4.43. The first-order chi connectivity index (χ1) is 9.40. The van der Waals surface area contributed by atoms with E-state index in [1.807, 2.05) is 0 Å². The molecule has 0 spiro atoms. The minimum atomic E-state index is -0.931. The molecule has 0 aliphatic carbocycles. The van der Waals surface area contributed by atoms with Crippen LogP contribution in [0, 0.1) is 16.0 Å². The highest BCUT2D eigenvalue weighted by Crippen LogP contribution is 2.29. The summed E-state index contributed by atoms with van der Waals surface area (Å²) in [5, 5.41) is 19.2. The van der Waals surface area contributed by atoms with Crippen molar-refractivity contribution in [1.82, 2.24) is 9.88 Å². The van der Waals surface area contributed by atoms with E-state index in [4.69, 9.17) is 16.7 Å². The number of rotatable bonds is 4. The number of nitrogens with zero attached hydrogens (tertiary/aromatic N) is 3. The Morgan fingerprint density at radius 2 is 2.20 bits per heavy atom. The van der Waals surface area contributed by atoms with E-state index >= 15 is 0 Å². The molecule has 1 aliphatic rings. The van der Waals surface area contributed by atoms with Gasteiger partial charge in [0.2, 0.25) is 5.15 Å². The van der Waals surface area contributed by atoms with Crippen molar-refractivity contribution >= 4 is 29.2 Å². The SMILES string of the molecule is O=C(O)CC1CN(C(=O)c2ccnc(Cl)c2[N+](=O)[O-])C1. The van der Waals surface area contributed by atoms with E-state index in [1.54, 1.807) is 0 Å². The van der Waals surface area contributed by atoms with Crippen molar-refractivity contribution in [3.63, 3.8) is 0 Å². The number of amides is 1. The van der Waals surface area contributed by atoms with Gasteiger partial charge in [0.1, 0.15) is 5.56 Å². The Morgan fingerprint density at radius 1 is 1.55 bits per heavy atom. The van der Waals surface area contributed by atoms with Gasteiger partial charge in [-0.05, 0) is 6.07 Å². The summed E-state index contributed by atoms with van der Waals surface area (Å²) in [6, 6.07) is 1.23. The molecule has 106 valence electrons. The second-order valence-corrected chi connectivity index (χ2v) is 4.79. The summed E-state index contributed by atoms with van der Waals surface area (Å²) in [6.45, 7) is 0.532. The number of hydrogen-bond acceptors (Lipinski definition) is 5. The minimum absolute atomic E-state index is 0.0248. The molecule has 1 aliphatic heterocycles. The Morgan fingerprint density at radius 3 is 2.75 bits per heavy atom. The standard InChI is InChI=1S/C11H10ClN3O5/c12-10-9(15(19)20)7(1-2-13-10)11(18)14-4-6(5-14)3-8(16)17/h1-2,6H,3-5H2,(H,16,17). The molecular weight excluding hydrogens is 290 g/mol. The number of aliphatic carboxylic acids is 1. The molecule has 1 amide bonds. The van der Waals surface area contributed by atoms with Crippen LogP contribution >= 0.6 is 11.6 Å². The number of likely N-dealkylation sites (tertiary alicyclic amines) is 1. The first-order valence-corrected chi connectivity index (χ1v) is 6.08. The molecule has 9 heteroatoms. The lowest BCUT2D eigenvalue weighted by Gasteiger charge is -2.38. The average molecular weight is 300 g/mol. The summed E-state index contributed by atoms with van der Waals surface area (Å²) in [6.07, 6.45) is 1.19. The number of carbonyl (C=O) groups is 2. The van der Waals surface area contributed by atoms with Gasteiger partial charge in [0, 0.05) is 25.2 Å². The molecule has 1 N–H and O–H groups in total. The Balaban J connectivity index is 2.14. The topological polar surface area (TPSA) is 114 Å². The normalized spacial score (nSPS) is 14.8. The van der Waals surface area contributed by atoms with Crippen LogP contribution in [0.2, 0.25) is 5.15 Å². The van der Waals surface area contributed by atoms with E-state index in [2.05, 4.69) is 4.98 Å². The van der Waals surface area contributed by atoms with Gasteiger partial charge >= 0.3 is 11.7 Å². The molecule has 20 heavy (non-hydrogen) atoms. The van der Waals surface area contributed by atoms with Gasteiger partial charge in [-0.2, -0.15) is 0 Å². The largest absolute Gasteiger partial charge is 0.481 e. The molecule has 0 atom stereocenters. The monoisotopic (exact) mass is 299 g/mol. The smallest absolute Gasteiger partial charge is 0.319 e. The molecule has 2 heterocycles. The predicted octanol–water partition coefficient (Wildman–Crippen LogP) is 1.19. The Hall–Kier alpha value is -2.22. The number of carboxylic acid groups (broad SMARTS) is 1. The molecule has 1 aromatic rings. The highest BCUT2D eigenvalue weighted by atomic mass is 35.5. The van der Waals surface area contributed by atoms with E-state index < -0.39 is 22.5 Å². The summed E-state index contributed by atoms with van der Waals surface area (Å²) in [5.41, 5.74) is -0.662. The summed E-state index contributed by atoms with van der Waals surface area (Å²) < 4.78 is 0. The van der Waals surface area contributed by atoms with Crippen LogP contribution in [-0.2, 0) is 4.79 Å². The van der Waals surface area contributed by atoms with Crippen molar-refractivity contribution in [2.75, 3.05) is 13.1 Å². The zero-order chi connectivity index (χ0) is 14.9. The van der Waals surface area contributed by atoms with Gasteiger partial charge in [-0.3, -0.25) is 19.7 Å². The molecule has 1 aromatic heterocycles. The summed E-state index contributed by atoms with van der Waals surface area (Å²) in [7, 11) is 0. The lowest BCUT2D eigenvalue weighted by Crippen LogP contribution is -2.50. The van der Waals surface area contributed by atoms with E-state index in [0.29, 0.717) is 0 Å².